The third-order valence-corrected chi connectivity index (χ3v) is 5.17. The number of para-hydroxylation sites is 1. The molecule has 1 amide bonds. The molecular weight excluding hydrogens is 391 g/mol. The van der Waals surface area contributed by atoms with Gasteiger partial charge in [0.25, 0.3) is 11.5 Å². The second-order valence-corrected chi connectivity index (χ2v) is 7.32. The van der Waals surface area contributed by atoms with Crippen LogP contribution in [0.15, 0.2) is 41.2 Å². The predicted octanol–water partition coefficient (Wildman–Crippen LogP) is 2.31. The van der Waals surface area contributed by atoms with E-state index in [-0.39, 0.29) is 17.9 Å². The first kappa shape index (κ1) is 20.1. The van der Waals surface area contributed by atoms with Gasteiger partial charge in [-0.05, 0) is 31.9 Å². The van der Waals surface area contributed by atoms with Crippen LogP contribution in [-0.4, -0.2) is 40.3 Å². The van der Waals surface area contributed by atoms with Gasteiger partial charge in [-0.25, -0.2) is 13.9 Å². The van der Waals surface area contributed by atoms with E-state index in [1.54, 1.807) is 19.1 Å². The van der Waals surface area contributed by atoms with E-state index >= 15 is 0 Å². The molecule has 1 aliphatic rings. The Kier molecular flexibility index (Phi) is 5.80. The van der Waals surface area contributed by atoms with Gasteiger partial charge in [0.15, 0.2) is 23.8 Å². The first-order valence-corrected chi connectivity index (χ1v) is 9.88. The first-order valence-electron chi connectivity index (χ1n) is 9.88. The number of ether oxygens (including phenoxy) is 2. The lowest BCUT2D eigenvalue weighted by Gasteiger charge is -2.20. The first-order chi connectivity index (χ1) is 14.5. The number of carbonyl (C=O) groups is 1. The Labute approximate surface area is 172 Å². The normalized spacial score (nSPS) is 15.8. The molecule has 9 heteroatoms. The maximum absolute atomic E-state index is 13.6. The van der Waals surface area contributed by atoms with Crippen molar-refractivity contribution in [3.8, 4) is 5.75 Å². The van der Waals surface area contributed by atoms with E-state index < -0.39 is 17.8 Å². The van der Waals surface area contributed by atoms with Gasteiger partial charge in [0.1, 0.15) is 0 Å². The summed E-state index contributed by atoms with van der Waals surface area (Å²) in [5.74, 6) is -0.669. The van der Waals surface area contributed by atoms with Gasteiger partial charge in [0.05, 0.1) is 11.7 Å². The van der Waals surface area contributed by atoms with Crippen molar-refractivity contribution in [3.05, 3.63) is 64.0 Å². The highest BCUT2D eigenvalue weighted by Gasteiger charge is 2.20. The SMILES string of the molecule is C[C@@H](NC(=O)COc1ccccc1F)c1cc(=O)n2[nH]c(C3CCOCC3)cc2n1. The van der Waals surface area contributed by atoms with Crippen molar-refractivity contribution in [2.45, 2.75) is 31.7 Å². The van der Waals surface area contributed by atoms with Crippen molar-refractivity contribution in [1.29, 1.82) is 0 Å². The zero-order valence-electron chi connectivity index (χ0n) is 16.6. The van der Waals surface area contributed by atoms with Gasteiger partial charge in [0, 0.05) is 37.0 Å². The number of aromatic nitrogens is 3. The Bertz CT molecular complexity index is 1100. The van der Waals surface area contributed by atoms with Crippen LogP contribution in [0.5, 0.6) is 5.75 Å². The van der Waals surface area contributed by atoms with Crippen LogP contribution in [0.1, 0.15) is 43.1 Å². The Hall–Kier alpha value is -3.20. The average Bonchev–Trinajstić information content (AvgIpc) is 3.19. The number of hydrogen-bond acceptors (Lipinski definition) is 5. The zero-order valence-corrected chi connectivity index (χ0v) is 16.6. The molecule has 4 rings (SSSR count). The van der Waals surface area contributed by atoms with Gasteiger partial charge in [-0.15, -0.1) is 0 Å². The monoisotopic (exact) mass is 414 g/mol. The summed E-state index contributed by atoms with van der Waals surface area (Å²) in [7, 11) is 0. The van der Waals surface area contributed by atoms with Crippen LogP contribution in [0, 0.1) is 5.82 Å². The van der Waals surface area contributed by atoms with Gasteiger partial charge in [-0.3, -0.25) is 14.7 Å². The van der Waals surface area contributed by atoms with E-state index in [1.807, 2.05) is 6.07 Å². The number of rotatable bonds is 6. The molecule has 1 atom stereocenters. The summed E-state index contributed by atoms with van der Waals surface area (Å²) in [6.07, 6.45) is 1.78. The van der Waals surface area contributed by atoms with E-state index in [4.69, 9.17) is 9.47 Å². The Morgan fingerprint density at radius 2 is 2.13 bits per heavy atom. The summed E-state index contributed by atoms with van der Waals surface area (Å²) >= 11 is 0. The number of carbonyl (C=O) groups excluding carboxylic acids is 1. The standard InChI is InChI=1S/C21H23FN4O4/c1-13(23-20(27)12-30-18-5-3-2-4-15(18)22)16-11-21(28)26-19(24-16)10-17(25-26)14-6-8-29-9-7-14/h2-5,10-11,13-14,25H,6-9,12H2,1H3,(H,23,27)/t13-/m1/s1. The molecule has 158 valence electrons. The molecule has 8 nitrogen and oxygen atoms in total. The molecule has 1 fully saturated rings. The molecule has 3 aromatic rings. The van der Waals surface area contributed by atoms with Crippen molar-refractivity contribution >= 4 is 11.6 Å². The van der Waals surface area contributed by atoms with E-state index in [2.05, 4.69) is 15.4 Å². The lowest BCUT2D eigenvalue weighted by Crippen LogP contribution is -2.32. The molecule has 0 bridgehead atoms. The average molecular weight is 414 g/mol. The lowest BCUT2D eigenvalue weighted by atomic mass is 9.97. The third kappa shape index (κ3) is 4.35. The Morgan fingerprint density at radius 3 is 2.90 bits per heavy atom. The summed E-state index contributed by atoms with van der Waals surface area (Å²) in [5.41, 5.74) is 1.64. The van der Waals surface area contributed by atoms with Crippen molar-refractivity contribution in [3.63, 3.8) is 0 Å². The molecular formula is C21H23FN4O4. The Morgan fingerprint density at radius 1 is 1.37 bits per heavy atom. The number of aromatic amines is 1. The van der Waals surface area contributed by atoms with Crippen LogP contribution in [0.25, 0.3) is 5.65 Å². The fourth-order valence-electron chi connectivity index (χ4n) is 3.53. The van der Waals surface area contributed by atoms with E-state index in [0.717, 1.165) is 18.5 Å². The van der Waals surface area contributed by atoms with Crippen molar-refractivity contribution in [1.82, 2.24) is 19.9 Å². The van der Waals surface area contributed by atoms with Crippen molar-refractivity contribution in [2.24, 2.45) is 0 Å². The summed E-state index contributed by atoms with van der Waals surface area (Å²) in [6, 6.07) is 8.62. The fourth-order valence-corrected chi connectivity index (χ4v) is 3.53. The van der Waals surface area contributed by atoms with Crippen LogP contribution in [0.2, 0.25) is 0 Å². The minimum absolute atomic E-state index is 0.00561. The van der Waals surface area contributed by atoms with E-state index in [1.165, 1.54) is 22.7 Å². The third-order valence-electron chi connectivity index (χ3n) is 5.17. The molecule has 0 unspecified atom stereocenters. The maximum Gasteiger partial charge on any atom is 0.272 e. The second-order valence-electron chi connectivity index (χ2n) is 7.32. The van der Waals surface area contributed by atoms with Crippen LogP contribution in [-0.2, 0) is 9.53 Å². The summed E-state index contributed by atoms with van der Waals surface area (Å²) < 4.78 is 25.6. The van der Waals surface area contributed by atoms with Crippen LogP contribution >= 0.6 is 0 Å². The molecule has 0 saturated carbocycles. The number of benzene rings is 1. The lowest BCUT2D eigenvalue weighted by molar-refractivity contribution is -0.123. The predicted molar refractivity (Wildman–Crippen MR) is 107 cm³/mol. The minimum atomic E-state index is -0.536. The number of halogens is 1. The smallest absolute Gasteiger partial charge is 0.272 e. The topological polar surface area (TPSA) is 97.7 Å². The summed E-state index contributed by atoms with van der Waals surface area (Å²) in [4.78, 5) is 29.2. The molecule has 1 saturated heterocycles. The maximum atomic E-state index is 13.6. The zero-order chi connectivity index (χ0) is 21.1. The largest absolute Gasteiger partial charge is 0.481 e. The number of fused-ring (bicyclic) bond motifs is 1. The van der Waals surface area contributed by atoms with E-state index in [0.29, 0.717) is 30.5 Å². The molecule has 0 radical (unpaired) electrons. The Balaban J connectivity index is 1.44. The van der Waals surface area contributed by atoms with E-state index in [9.17, 15) is 14.0 Å². The number of nitrogens with one attached hydrogen (secondary N) is 2. The van der Waals surface area contributed by atoms with Gasteiger partial charge in [-0.2, -0.15) is 0 Å². The molecule has 2 N–H and O–H groups in total. The number of H-pyrrole nitrogens is 1. The molecule has 3 heterocycles. The highest BCUT2D eigenvalue weighted by Crippen LogP contribution is 2.26. The molecule has 0 aliphatic carbocycles. The highest BCUT2D eigenvalue weighted by molar-refractivity contribution is 5.78. The summed E-state index contributed by atoms with van der Waals surface area (Å²) in [6.45, 7) is 2.78. The van der Waals surface area contributed by atoms with Gasteiger partial charge < -0.3 is 14.8 Å². The summed E-state index contributed by atoms with van der Waals surface area (Å²) in [5, 5.41) is 5.85. The van der Waals surface area contributed by atoms with Crippen molar-refractivity contribution in [2.75, 3.05) is 19.8 Å². The van der Waals surface area contributed by atoms with Gasteiger partial charge in [0.2, 0.25) is 0 Å². The molecule has 30 heavy (non-hydrogen) atoms. The number of hydrogen-bond donors (Lipinski definition) is 2. The number of amides is 1. The van der Waals surface area contributed by atoms with Gasteiger partial charge >= 0.3 is 0 Å². The van der Waals surface area contributed by atoms with Crippen molar-refractivity contribution < 1.29 is 18.7 Å². The van der Waals surface area contributed by atoms with Crippen LogP contribution < -0.4 is 15.6 Å². The quantitative estimate of drug-likeness (QED) is 0.645. The molecule has 1 aromatic carbocycles. The highest BCUT2D eigenvalue weighted by atomic mass is 19.1. The minimum Gasteiger partial charge on any atom is -0.481 e. The molecule has 2 aromatic heterocycles. The fraction of sp³-hybridized carbons (Fsp3) is 0.381. The second kappa shape index (κ2) is 8.66. The molecule has 0 spiro atoms. The molecule has 1 aliphatic heterocycles. The van der Waals surface area contributed by atoms with Crippen LogP contribution in [0.4, 0.5) is 4.39 Å². The van der Waals surface area contributed by atoms with Gasteiger partial charge in [-0.1, -0.05) is 12.1 Å². The number of nitrogens with zero attached hydrogens (tertiary/aromatic N) is 2. The van der Waals surface area contributed by atoms with Crippen LogP contribution in [0.3, 0.4) is 0 Å².